The zero-order chi connectivity index (χ0) is 18.4. The Labute approximate surface area is 156 Å². The van der Waals surface area contributed by atoms with Crippen molar-refractivity contribution < 1.29 is 9.59 Å². The second kappa shape index (κ2) is 8.49. The standard InChI is InChI=1S/C19H19ClN4O2/c20-15-5-1-13(2-6-15)3-8-18(25)21-9-10-22-19(26)14-4-7-16-17(11-14)24-12-23-16/h1-2,4-7,11-12H,3,8-10H2,(H,21,25)(H,22,26)(H,23,24). The summed E-state index contributed by atoms with van der Waals surface area (Å²) >= 11 is 5.83. The lowest BCUT2D eigenvalue weighted by molar-refractivity contribution is -0.121. The molecule has 3 N–H and O–H groups in total. The van der Waals surface area contributed by atoms with Crippen molar-refractivity contribution in [3.05, 3.63) is 64.9 Å². The van der Waals surface area contributed by atoms with E-state index in [-0.39, 0.29) is 11.8 Å². The summed E-state index contributed by atoms with van der Waals surface area (Å²) in [6.07, 6.45) is 2.64. The lowest BCUT2D eigenvalue weighted by Gasteiger charge is -2.07. The number of carbonyl (C=O) groups is 2. The molecule has 1 aromatic heterocycles. The Morgan fingerprint density at radius 3 is 2.62 bits per heavy atom. The smallest absolute Gasteiger partial charge is 0.251 e. The molecule has 0 unspecified atom stereocenters. The van der Waals surface area contributed by atoms with Gasteiger partial charge in [-0.1, -0.05) is 23.7 Å². The quantitative estimate of drug-likeness (QED) is 0.559. The molecule has 0 bridgehead atoms. The van der Waals surface area contributed by atoms with Gasteiger partial charge in [0, 0.05) is 30.1 Å². The van der Waals surface area contributed by atoms with Crippen LogP contribution in [-0.2, 0) is 11.2 Å². The number of hydrogen-bond donors (Lipinski definition) is 3. The topological polar surface area (TPSA) is 86.9 Å². The normalized spacial score (nSPS) is 10.7. The maximum absolute atomic E-state index is 12.1. The summed E-state index contributed by atoms with van der Waals surface area (Å²) in [6, 6.07) is 12.7. The molecule has 134 valence electrons. The van der Waals surface area contributed by atoms with Crippen LogP contribution in [0.4, 0.5) is 0 Å². The third kappa shape index (κ3) is 4.83. The second-order valence-corrected chi connectivity index (χ2v) is 6.30. The van der Waals surface area contributed by atoms with Gasteiger partial charge in [0.25, 0.3) is 5.91 Å². The molecule has 1 heterocycles. The number of aromatic nitrogens is 2. The predicted molar refractivity (Wildman–Crippen MR) is 101 cm³/mol. The number of aryl methyl sites for hydroxylation is 1. The summed E-state index contributed by atoms with van der Waals surface area (Å²) in [4.78, 5) is 31.1. The molecule has 2 aromatic carbocycles. The van der Waals surface area contributed by atoms with E-state index in [1.165, 1.54) is 0 Å². The second-order valence-electron chi connectivity index (χ2n) is 5.87. The summed E-state index contributed by atoms with van der Waals surface area (Å²) in [5.41, 5.74) is 3.24. The maximum atomic E-state index is 12.1. The van der Waals surface area contributed by atoms with Crippen molar-refractivity contribution >= 4 is 34.4 Å². The van der Waals surface area contributed by atoms with Crippen molar-refractivity contribution in [2.45, 2.75) is 12.8 Å². The Morgan fingerprint density at radius 2 is 1.81 bits per heavy atom. The molecule has 26 heavy (non-hydrogen) atoms. The van der Waals surface area contributed by atoms with Gasteiger partial charge in [0.1, 0.15) is 0 Å². The molecule has 3 aromatic rings. The molecule has 6 nitrogen and oxygen atoms in total. The van der Waals surface area contributed by atoms with Crippen molar-refractivity contribution in [2.75, 3.05) is 13.1 Å². The molecule has 0 saturated heterocycles. The van der Waals surface area contributed by atoms with Gasteiger partial charge < -0.3 is 15.6 Å². The molecule has 0 radical (unpaired) electrons. The van der Waals surface area contributed by atoms with E-state index in [0.29, 0.717) is 36.5 Å². The third-order valence-electron chi connectivity index (χ3n) is 3.97. The average Bonchev–Trinajstić information content (AvgIpc) is 3.12. The number of rotatable bonds is 7. The minimum absolute atomic E-state index is 0.0481. The monoisotopic (exact) mass is 370 g/mol. The van der Waals surface area contributed by atoms with Crippen LogP contribution in [0.3, 0.4) is 0 Å². The van der Waals surface area contributed by atoms with Crippen LogP contribution < -0.4 is 10.6 Å². The summed E-state index contributed by atoms with van der Waals surface area (Å²) in [5.74, 6) is -0.231. The number of halogens is 1. The summed E-state index contributed by atoms with van der Waals surface area (Å²) in [6.45, 7) is 0.754. The van der Waals surface area contributed by atoms with Crippen LogP contribution >= 0.6 is 11.6 Å². The predicted octanol–water partition coefficient (Wildman–Crippen LogP) is 2.70. The van der Waals surface area contributed by atoms with E-state index in [2.05, 4.69) is 20.6 Å². The molecular formula is C19H19ClN4O2. The van der Waals surface area contributed by atoms with Crippen molar-refractivity contribution in [3.63, 3.8) is 0 Å². The van der Waals surface area contributed by atoms with Gasteiger partial charge in [-0.2, -0.15) is 0 Å². The van der Waals surface area contributed by atoms with Crippen molar-refractivity contribution in [1.29, 1.82) is 0 Å². The Morgan fingerprint density at radius 1 is 1.04 bits per heavy atom. The molecule has 3 rings (SSSR count). The van der Waals surface area contributed by atoms with Crippen LogP contribution in [-0.4, -0.2) is 34.9 Å². The van der Waals surface area contributed by atoms with Gasteiger partial charge >= 0.3 is 0 Å². The molecule has 0 saturated carbocycles. The first-order valence-corrected chi connectivity index (χ1v) is 8.72. The van der Waals surface area contributed by atoms with Crippen molar-refractivity contribution in [2.24, 2.45) is 0 Å². The number of aromatic amines is 1. The molecule has 7 heteroatoms. The number of H-pyrrole nitrogens is 1. The Balaban J connectivity index is 1.37. The van der Waals surface area contributed by atoms with E-state index in [1.54, 1.807) is 24.5 Å². The van der Waals surface area contributed by atoms with Crippen LogP contribution in [0.15, 0.2) is 48.8 Å². The summed E-state index contributed by atoms with van der Waals surface area (Å²) in [5, 5.41) is 6.27. The third-order valence-corrected chi connectivity index (χ3v) is 4.22. The molecule has 0 fully saturated rings. The van der Waals surface area contributed by atoms with Gasteiger partial charge in [-0.25, -0.2) is 4.98 Å². The first kappa shape index (κ1) is 17.9. The van der Waals surface area contributed by atoms with Gasteiger partial charge in [-0.15, -0.1) is 0 Å². The number of hydrogen-bond acceptors (Lipinski definition) is 3. The lowest BCUT2D eigenvalue weighted by Crippen LogP contribution is -2.34. The number of imidazole rings is 1. The number of nitrogens with zero attached hydrogens (tertiary/aromatic N) is 1. The summed E-state index contributed by atoms with van der Waals surface area (Å²) < 4.78 is 0. The highest BCUT2D eigenvalue weighted by atomic mass is 35.5. The number of nitrogens with one attached hydrogen (secondary N) is 3. The van der Waals surface area contributed by atoms with Gasteiger partial charge in [0.2, 0.25) is 5.91 Å². The molecule has 0 aliphatic heterocycles. The van der Waals surface area contributed by atoms with E-state index in [1.807, 2.05) is 24.3 Å². The van der Waals surface area contributed by atoms with E-state index in [4.69, 9.17) is 11.6 Å². The van der Waals surface area contributed by atoms with Crippen molar-refractivity contribution in [3.8, 4) is 0 Å². The van der Waals surface area contributed by atoms with Gasteiger partial charge in [-0.3, -0.25) is 9.59 Å². The number of amides is 2. The zero-order valence-electron chi connectivity index (χ0n) is 14.1. The van der Waals surface area contributed by atoms with Crippen LogP contribution in [0.2, 0.25) is 5.02 Å². The van der Waals surface area contributed by atoms with Crippen LogP contribution in [0, 0.1) is 0 Å². The minimum Gasteiger partial charge on any atom is -0.354 e. The minimum atomic E-state index is -0.183. The molecule has 0 atom stereocenters. The summed E-state index contributed by atoms with van der Waals surface area (Å²) in [7, 11) is 0. The SMILES string of the molecule is O=C(CCc1ccc(Cl)cc1)NCCNC(=O)c1ccc2nc[nH]c2c1. The van der Waals surface area contributed by atoms with Crippen LogP contribution in [0.1, 0.15) is 22.3 Å². The average molecular weight is 371 g/mol. The largest absolute Gasteiger partial charge is 0.354 e. The highest BCUT2D eigenvalue weighted by Gasteiger charge is 2.07. The fourth-order valence-corrected chi connectivity index (χ4v) is 2.68. The molecule has 2 amide bonds. The van der Waals surface area contributed by atoms with Crippen molar-refractivity contribution in [1.82, 2.24) is 20.6 Å². The molecular weight excluding hydrogens is 352 g/mol. The van der Waals surface area contributed by atoms with Gasteiger partial charge in [0.15, 0.2) is 0 Å². The highest BCUT2D eigenvalue weighted by molar-refractivity contribution is 6.30. The fourth-order valence-electron chi connectivity index (χ4n) is 2.55. The molecule has 0 aliphatic carbocycles. The molecule has 0 spiro atoms. The lowest BCUT2D eigenvalue weighted by atomic mass is 10.1. The van der Waals surface area contributed by atoms with E-state index >= 15 is 0 Å². The number of fused-ring (bicyclic) bond motifs is 1. The van der Waals surface area contributed by atoms with Gasteiger partial charge in [-0.05, 0) is 42.3 Å². The zero-order valence-corrected chi connectivity index (χ0v) is 14.8. The number of benzene rings is 2. The first-order chi connectivity index (χ1) is 12.6. The Kier molecular flexibility index (Phi) is 5.86. The fraction of sp³-hybridized carbons (Fsp3) is 0.211. The molecule has 0 aliphatic rings. The van der Waals surface area contributed by atoms with Gasteiger partial charge in [0.05, 0.1) is 17.4 Å². The maximum Gasteiger partial charge on any atom is 0.251 e. The number of carbonyl (C=O) groups excluding carboxylic acids is 2. The Hall–Kier alpha value is -2.86. The van der Waals surface area contributed by atoms with Crippen LogP contribution in [0.5, 0.6) is 0 Å². The first-order valence-electron chi connectivity index (χ1n) is 8.34. The van der Waals surface area contributed by atoms with E-state index in [9.17, 15) is 9.59 Å². The van der Waals surface area contributed by atoms with Crippen LogP contribution in [0.25, 0.3) is 11.0 Å². The Bertz CT molecular complexity index is 905. The van der Waals surface area contributed by atoms with E-state index in [0.717, 1.165) is 16.6 Å². The van der Waals surface area contributed by atoms with E-state index < -0.39 is 0 Å². The highest BCUT2D eigenvalue weighted by Crippen LogP contribution is 2.12.